The Labute approximate surface area is 142 Å². The zero-order valence-corrected chi connectivity index (χ0v) is 13.8. The lowest BCUT2D eigenvalue weighted by molar-refractivity contribution is -0.0356. The Bertz CT molecular complexity index is 658. The number of benzene rings is 1. The number of hydrogen-bond donors (Lipinski definition) is 2. The van der Waals surface area contributed by atoms with Gasteiger partial charge in [-0.2, -0.15) is 0 Å². The van der Waals surface area contributed by atoms with E-state index in [0.29, 0.717) is 6.10 Å². The van der Waals surface area contributed by atoms with Crippen molar-refractivity contribution in [3.05, 3.63) is 29.8 Å². The molecule has 4 aliphatic rings. The van der Waals surface area contributed by atoms with Gasteiger partial charge in [-0.25, -0.2) is 4.79 Å². The lowest BCUT2D eigenvalue weighted by Gasteiger charge is -2.48. The molecule has 0 unspecified atom stereocenters. The Balaban J connectivity index is 1.30. The van der Waals surface area contributed by atoms with Crippen LogP contribution in [0.2, 0.25) is 0 Å². The van der Waals surface area contributed by atoms with Crippen LogP contribution in [0.25, 0.3) is 0 Å². The number of carbonyl (C=O) groups excluding carboxylic acids is 1. The fourth-order valence-corrected chi connectivity index (χ4v) is 4.78. The molecule has 5 nitrogen and oxygen atoms in total. The Morgan fingerprint density at radius 3 is 2.75 bits per heavy atom. The predicted molar refractivity (Wildman–Crippen MR) is 89.0 cm³/mol. The first-order chi connectivity index (χ1) is 11.7. The summed E-state index contributed by atoms with van der Waals surface area (Å²) < 4.78 is 12.1. The Morgan fingerprint density at radius 1 is 1.17 bits per heavy atom. The third-order valence-corrected chi connectivity index (χ3v) is 6.19. The molecule has 24 heavy (non-hydrogen) atoms. The van der Waals surface area contributed by atoms with Gasteiger partial charge in [0, 0.05) is 12.0 Å². The van der Waals surface area contributed by atoms with Crippen LogP contribution in [0.3, 0.4) is 0 Å². The summed E-state index contributed by atoms with van der Waals surface area (Å²) in [7, 11) is 0. The van der Waals surface area contributed by atoms with Crippen LogP contribution in [0.1, 0.15) is 56.6 Å². The van der Waals surface area contributed by atoms with Crippen LogP contribution in [0, 0.1) is 0 Å². The zero-order valence-electron chi connectivity index (χ0n) is 13.8. The van der Waals surface area contributed by atoms with Crippen molar-refractivity contribution in [2.45, 2.75) is 74.8 Å². The molecular formula is C19H24N2O3. The van der Waals surface area contributed by atoms with Gasteiger partial charge < -0.3 is 20.1 Å². The molecule has 2 N–H and O–H groups in total. The summed E-state index contributed by atoms with van der Waals surface area (Å²) in [6.07, 6.45) is 7.96. The summed E-state index contributed by atoms with van der Waals surface area (Å²) >= 11 is 0. The van der Waals surface area contributed by atoms with E-state index < -0.39 is 0 Å². The van der Waals surface area contributed by atoms with E-state index >= 15 is 0 Å². The summed E-state index contributed by atoms with van der Waals surface area (Å²) in [5.74, 6) is 0.928. The first kappa shape index (κ1) is 14.6. The lowest BCUT2D eigenvalue weighted by atomic mass is 9.73. The van der Waals surface area contributed by atoms with Crippen LogP contribution in [-0.4, -0.2) is 29.9 Å². The maximum atomic E-state index is 12.6. The molecule has 1 spiro atoms. The van der Waals surface area contributed by atoms with Crippen molar-refractivity contribution in [3.63, 3.8) is 0 Å². The number of fused-ring (bicyclic) bond motifs is 3. The van der Waals surface area contributed by atoms with E-state index in [-0.39, 0.29) is 29.8 Å². The van der Waals surface area contributed by atoms with Crippen LogP contribution in [0.15, 0.2) is 24.3 Å². The van der Waals surface area contributed by atoms with Gasteiger partial charge in [-0.15, -0.1) is 0 Å². The van der Waals surface area contributed by atoms with E-state index in [1.54, 1.807) is 0 Å². The molecule has 4 atom stereocenters. The van der Waals surface area contributed by atoms with Crippen LogP contribution in [0.5, 0.6) is 5.75 Å². The van der Waals surface area contributed by atoms with Crippen molar-refractivity contribution in [2.75, 3.05) is 0 Å². The van der Waals surface area contributed by atoms with E-state index in [1.807, 2.05) is 18.2 Å². The Hall–Kier alpha value is -1.75. The van der Waals surface area contributed by atoms with Crippen molar-refractivity contribution in [1.82, 2.24) is 10.6 Å². The maximum absolute atomic E-state index is 12.6. The summed E-state index contributed by atoms with van der Waals surface area (Å²) in [6.45, 7) is 0. The fourth-order valence-electron chi connectivity index (χ4n) is 4.78. The molecule has 1 aliphatic carbocycles. The Kier molecular flexibility index (Phi) is 3.27. The highest BCUT2D eigenvalue weighted by Crippen LogP contribution is 2.48. The van der Waals surface area contributed by atoms with Crippen molar-refractivity contribution >= 4 is 6.03 Å². The highest BCUT2D eigenvalue weighted by atomic mass is 16.5. The number of carbonyl (C=O) groups is 1. The first-order valence-electron chi connectivity index (χ1n) is 9.21. The minimum Gasteiger partial charge on any atom is -0.487 e. The molecule has 0 aromatic heterocycles. The van der Waals surface area contributed by atoms with Gasteiger partial charge in [-0.05, 0) is 44.6 Å². The maximum Gasteiger partial charge on any atom is 0.315 e. The van der Waals surface area contributed by atoms with Crippen molar-refractivity contribution < 1.29 is 14.3 Å². The third kappa shape index (κ3) is 2.37. The monoisotopic (exact) mass is 328 g/mol. The second kappa shape index (κ2) is 5.38. The van der Waals surface area contributed by atoms with Gasteiger partial charge in [-0.3, -0.25) is 0 Å². The van der Waals surface area contributed by atoms with Crippen LogP contribution in [-0.2, 0) is 4.74 Å². The van der Waals surface area contributed by atoms with Gasteiger partial charge in [0.05, 0.1) is 24.3 Å². The molecule has 3 fully saturated rings. The van der Waals surface area contributed by atoms with E-state index in [9.17, 15) is 4.79 Å². The second-order valence-corrected chi connectivity index (χ2v) is 7.77. The summed E-state index contributed by atoms with van der Waals surface area (Å²) in [5, 5.41) is 6.34. The van der Waals surface area contributed by atoms with E-state index in [4.69, 9.17) is 9.47 Å². The largest absolute Gasteiger partial charge is 0.487 e. The highest BCUT2D eigenvalue weighted by Gasteiger charge is 2.46. The molecule has 3 heterocycles. The first-order valence-corrected chi connectivity index (χ1v) is 9.21. The average molecular weight is 328 g/mol. The molecule has 1 aromatic carbocycles. The van der Waals surface area contributed by atoms with Gasteiger partial charge in [0.15, 0.2) is 0 Å². The molecule has 5 heteroatoms. The smallest absolute Gasteiger partial charge is 0.315 e. The lowest BCUT2D eigenvalue weighted by Crippen LogP contribution is -2.52. The number of ether oxygens (including phenoxy) is 2. The highest BCUT2D eigenvalue weighted by molar-refractivity contribution is 5.75. The summed E-state index contributed by atoms with van der Waals surface area (Å²) in [6, 6.07) is 8.20. The number of nitrogens with one attached hydrogen (secondary N) is 2. The zero-order chi connectivity index (χ0) is 16.1. The summed E-state index contributed by atoms with van der Waals surface area (Å²) in [5.41, 5.74) is 1.02. The van der Waals surface area contributed by atoms with Gasteiger partial charge in [0.1, 0.15) is 11.4 Å². The van der Waals surface area contributed by atoms with Crippen molar-refractivity contribution in [3.8, 4) is 5.75 Å². The van der Waals surface area contributed by atoms with Gasteiger partial charge in [0.2, 0.25) is 0 Å². The molecule has 128 valence electrons. The molecule has 0 radical (unpaired) electrons. The van der Waals surface area contributed by atoms with Crippen LogP contribution < -0.4 is 15.4 Å². The number of urea groups is 1. The molecule has 2 saturated heterocycles. The molecule has 2 bridgehead atoms. The van der Waals surface area contributed by atoms with Gasteiger partial charge in [0.25, 0.3) is 0 Å². The fraction of sp³-hybridized carbons (Fsp3) is 0.632. The minimum absolute atomic E-state index is 0.0229. The number of rotatable bonds is 2. The Morgan fingerprint density at radius 2 is 2.04 bits per heavy atom. The quantitative estimate of drug-likeness (QED) is 0.877. The molecule has 2 amide bonds. The van der Waals surface area contributed by atoms with Crippen LogP contribution >= 0.6 is 0 Å². The molecule has 3 aliphatic heterocycles. The third-order valence-electron chi connectivity index (χ3n) is 6.19. The van der Waals surface area contributed by atoms with Crippen molar-refractivity contribution in [2.24, 2.45) is 0 Å². The number of amides is 2. The topological polar surface area (TPSA) is 59.6 Å². The number of hydrogen-bond acceptors (Lipinski definition) is 3. The van der Waals surface area contributed by atoms with E-state index in [1.165, 1.54) is 6.42 Å². The minimum atomic E-state index is -0.0765. The average Bonchev–Trinajstić information content (AvgIpc) is 3.16. The predicted octanol–water partition coefficient (Wildman–Crippen LogP) is 3.05. The summed E-state index contributed by atoms with van der Waals surface area (Å²) in [4.78, 5) is 12.6. The number of para-hydroxylation sites is 1. The van der Waals surface area contributed by atoms with Crippen LogP contribution in [0.4, 0.5) is 4.79 Å². The standard InChI is InChI=1S/C19H24N2O3/c22-18(20-14-10-12-6-7-17(14)23-12)21-15-11-19(8-3-9-19)24-16-5-2-1-4-13(15)16/h1-2,4-5,12,14-15,17H,3,6-11H2,(H2,20,21,22)/t12-,14-,15-,17-/m1/s1. The van der Waals surface area contributed by atoms with E-state index in [0.717, 1.165) is 49.8 Å². The normalized spacial score (nSPS) is 35.0. The van der Waals surface area contributed by atoms with Gasteiger partial charge in [-0.1, -0.05) is 18.2 Å². The van der Waals surface area contributed by atoms with E-state index in [2.05, 4.69) is 16.7 Å². The molecule has 1 saturated carbocycles. The molecule has 5 rings (SSSR count). The van der Waals surface area contributed by atoms with Crippen molar-refractivity contribution in [1.29, 1.82) is 0 Å². The van der Waals surface area contributed by atoms with Gasteiger partial charge >= 0.3 is 6.03 Å². The molecule has 1 aromatic rings. The molecular weight excluding hydrogens is 304 g/mol. The second-order valence-electron chi connectivity index (χ2n) is 7.77. The SMILES string of the molecule is O=C(N[C@@H]1CC2(CCC2)Oc2ccccc21)N[C@@H]1C[C@H]2CC[C@H]1O2.